The highest BCUT2D eigenvalue weighted by atomic mass is 16.6. The summed E-state index contributed by atoms with van der Waals surface area (Å²) in [5.41, 5.74) is 0. The van der Waals surface area contributed by atoms with Crippen LogP contribution in [0.3, 0.4) is 0 Å². The van der Waals surface area contributed by atoms with Crippen LogP contribution in [-0.4, -0.2) is 47.6 Å². The van der Waals surface area contributed by atoms with Crippen molar-refractivity contribution in [3.8, 4) is 0 Å². The molecule has 0 aliphatic heterocycles. The van der Waals surface area contributed by atoms with Gasteiger partial charge in [-0.2, -0.15) is 0 Å². The Hall–Kier alpha value is -2.18. The molecule has 0 aromatic rings. The van der Waals surface area contributed by atoms with Crippen LogP contribution >= 0.6 is 0 Å². The van der Waals surface area contributed by atoms with E-state index >= 15 is 0 Å². The average Bonchev–Trinajstić information content (AvgIpc) is 2.75. The summed E-state index contributed by atoms with van der Waals surface area (Å²) in [6, 6.07) is 0. The van der Waals surface area contributed by atoms with E-state index in [1.54, 1.807) is 0 Å². The molecule has 0 saturated heterocycles. The second kappa shape index (κ2) is 21.1. The van der Waals surface area contributed by atoms with Gasteiger partial charge in [0.1, 0.15) is 6.61 Å². The molecule has 2 N–H and O–H groups in total. The predicted octanol–water partition coefficient (Wildman–Crippen LogP) is 4.57. The van der Waals surface area contributed by atoms with Crippen molar-refractivity contribution < 1.29 is 29.3 Å². The van der Waals surface area contributed by atoms with E-state index in [0.717, 1.165) is 44.9 Å². The standard InChI is InChI=1S/C25H40O6/c1-3-23(28)18-16-14-12-10-8-6-4-5-7-9-11-13-15-17-19-25(29)31-24(20-26)21-30-22(2)27/h5-8,11-14,23-24,26,28H,3-4,9-10,15-21H2,1-2H3/b7-5-,8-6-,13-11-,14-12-/t23-,24+/m1/s1. The first-order valence-corrected chi connectivity index (χ1v) is 11.2. The molecule has 0 bridgehead atoms. The molecule has 176 valence electrons. The van der Waals surface area contributed by atoms with Crippen molar-refractivity contribution in [3.05, 3.63) is 48.6 Å². The summed E-state index contributed by atoms with van der Waals surface area (Å²) in [4.78, 5) is 22.4. The monoisotopic (exact) mass is 436 g/mol. The number of hydrogen-bond acceptors (Lipinski definition) is 6. The quantitative estimate of drug-likeness (QED) is 0.186. The van der Waals surface area contributed by atoms with Gasteiger partial charge in [0.2, 0.25) is 0 Å². The summed E-state index contributed by atoms with van der Waals surface area (Å²) in [6.45, 7) is 2.75. The van der Waals surface area contributed by atoms with Crippen molar-refractivity contribution in [2.24, 2.45) is 0 Å². The van der Waals surface area contributed by atoms with Gasteiger partial charge in [-0.1, -0.05) is 55.5 Å². The molecule has 0 spiro atoms. The van der Waals surface area contributed by atoms with Crippen molar-refractivity contribution in [2.75, 3.05) is 13.2 Å². The lowest BCUT2D eigenvalue weighted by Gasteiger charge is -2.14. The largest absolute Gasteiger partial charge is 0.462 e. The molecule has 6 nitrogen and oxygen atoms in total. The van der Waals surface area contributed by atoms with Crippen LogP contribution in [0, 0.1) is 0 Å². The molecule has 0 aliphatic rings. The van der Waals surface area contributed by atoms with Gasteiger partial charge in [0, 0.05) is 13.3 Å². The van der Waals surface area contributed by atoms with Gasteiger partial charge < -0.3 is 19.7 Å². The molecule has 2 atom stereocenters. The minimum Gasteiger partial charge on any atom is -0.462 e. The molecule has 0 rings (SSSR count). The highest BCUT2D eigenvalue weighted by molar-refractivity contribution is 5.69. The molecule has 6 heteroatoms. The number of carbonyl (C=O) groups is 2. The lowest BCUT2D eigenvalue weighted by molar-refractivity contribution is -0.160. The molecular formula is C25H40O6. The number of esters is 2. The van der Waals surface area contributed by atoms with Crippen molar-refractivity contribution in [3.63, 3.8) is 0 Å². The van der Waals surface area contributed by atoms with E-state index in [1.165, 1.54) is 6.92 Å². The molecule has 0 amide bonds. The number of carbonyl (C=O) groups excluding carboxylic acids is 2. The van der Waals surface area contributed by atoms with Gasteiger partial charge >= 0.3 is 11.9 Å². The van der Waals surface area contributed by atoms with Gasteiger partial charge in [0.05, 0.1) is 12.7 Å². The first kappa shape index (κ1) is 28.8. The Morgan fingerprint density at radius 3 is 1.97 bits per heavy atom. The normalized spacial score (nSPS) is 14.1. The fourth-order valence-electron chi connectivity index (χ4n) is 2.48. The highest BCUT2D eigenvalue weighted by Gasteiger charge is 2.14. The van der Waals surface area contributed by atoms with Gasteiger partial charge in [0.25, 0.3) is 0 Å². The van der Waals surface area contributed by atoms with Crippen LogP contribution in [-0.2, 0) is 19.1 Å². The molecule has 0 aromatic heterocycles. The molecule has 0 radical (unpaired) electrons. The molecule has 0 aliphatic carbocycles. The minimum atomic E-state index is -0.804. The van der Waals surface area contributed by atoms with E-state index in [-0.39, 0.29) is 25.7 Å². The summed E-state index contributed by atoms with van der Waals surface area (Å²) in [6.07, 6.45) is 22.8. The minimum absolute atomic E-state index is 0.125. The summed E-state index contributed by atoms with van der Waals surface area (Å²) in [5, 5.41) is 18.6. The van der Waals surface area contributed by atoms with Gasteiger partial charge in [-0.25, -0.2) is 0 Å². The fraction of sp³-hybridized carbons (Fsp3) is 0.600. The lowest BCUT2D eigenvalue weighted by Crippen LogP contribution is -2.28. The van der Waals surface area contributed by atoms with Gasteiger partial charge in [-0.3, -0.25) is 9.59 Å². The maximum Gasteiger partial charge on any atom is 0.306 e. The molecule has 0 unspecified atom stereocenters. The third kappa shape index (κ3) is 20.9. The first-order valence-electron chi connectivity index (χ1n) is 11.2. The van der Waals surface area contributed by atoms with E-state index in [9.17, 15) is 14.7 Å². The number of aliphatic hydroxyl groups is 2. The van der Waals surface area contributed by atoms with Crippen LogP contribution in [0.4, 0.5) is 0 Å². The van der Waals surface area contributed by atoms with Crippen LogP contribution in [0.25, 0.3) is 0 Å². The summed E-state index contributed by atoms with van der Waals surface area (Å²) in [7, 11) is 0. The zero-order valence-electron chi connectivity index (χ0n) is 19.1. The summed E-state index contributed by atoms with van der Waals surface area (Å²) >= 11 is 0. The number of rotatable bonds is 18. The van der Waals surface area contributed by atoms with Crippen molar-refractivity contribution in [1.82, 2.24) is 0 Å². The van der Waals surface area contributed by atoms with Crippen LogP contribution in [0.1, 0.15) is 71.6 Å². The SMILES string of the molecule is CC[C@@H](O)CC/C=C\C/C=C\C/C=C\C/C=C\CCCC(=O)O[C@@H](CO)COC(C)=O. The van der Waals surface area contributed by atoms with Crippen LogP contribution in [0.15, 0.2) is 48.6 Å². The molecule has 31 heavy (non-hydrogen) atoms. The average molecular weight is 437 g/mol. The van der Waals surface area contributed by atoms with Crippen molar-refractivity contribution in [1.29, 1.82) is 0 Å². The second-order valence-corrected chi connectivity index (χ2v) is 7.22. The van der Waals surface area contributed by atoms with E-state index in [2.05, 4.69) is 42.5 Å². The Labute approximate surface area is 187 Å². The highest BCUT2D eigenvalue weighted by Crippen LogP contribution is 2.04. The van der Waals surface area contributed by atoms with Gasteiger partial charge in [-0.15, -0.1) is 0 Å². The molecule has 0 heterocycles. The zero-order valence-corrected chi connectivity index (χ0v) is 19.1. The smallest absolute Gasteiger partial charge is 0.306 e. The molecule has 0 saturated carbocycles. The first-order chi connectivity index (χ1) is 15.0. The van der Waals surface area contributed by atoms with Gasteiger partial charge in [-0.05, 0) is 51.4 Å². The zero-order chi connectivity index (χ0) is 23.2. The number of aliphatic hydroxyl groups excluding tert-OH is 2. The Bertz CT molecular complexity index is 577. The maximum atomic E-state index is 11.7. The number of ether oxygens (including phenoxy) is 2. The summed E-state index contributed by atoms with van der Waals surface area (Å²) in [5.74, 6) is -0.878. The Kier molecular flexibility index (Phi) is 19.6. The Morgan fingerprint density at radius 2 is 1.45 bits per heavy atom. The van der Waals surface area contributed by atoms with Crippen molar-refractivity contribution >= 4 is 11.9 Å². The van der Waals surface area contributed by atoms with Crippen molar-refractivity contribution in [2.45, 2.75) is 83.8 Å². The van der Waals surface area contributed by atoms with Crippen LogP contribution < -0.4 is 0 Å². The Morgan fingerprint density at radius 1 is 0.903 bits per heavy atom. The fourth-order valence-corrected chi connectivity index (χ4v) is 2.48. The number of hydrogen-bond donors (Lipinski definition) is 2. The third-order valence-corrected chi connectivity index (χ3v) is 4.35. The predicted molar refractivity (Wildman–Crippen MR) is 123 cm³/mol. The molecular weight excluding hydrogens is 396 g/mol. The molecule has 0 fully saturated rings. The lowest BCUT2D eigenvalue weighted by atomic mass is 10.1. The molecule has 0 aromatic carbocycles. The van der Waals surface area contributed by atoms with E-state index in [4.69, 9.17) is 14.6 Å². The number of unbranched alkanes of at least 4 members (excludes halogenated alkanes) is 1. The topological polar surface area (TPSA) is 93.1 Å². The maximum absolute atomic E-state index is 11.7. The second-order valence-electron chi connectivity index (χ2n) is 7.22. The third-order valence-electron chi connectivity index (χ3n) is 4.35. The van der Waals surface area contributed by atoms with Crippen LogP contribution in [0.2, 0.25) is 0 Å². The Balaban J connectivity index is 3.69. The van der Waals surface area contributed by atoms with Crippen LogP contribution in [0.5, 0.6) is 0 Å². The van der Waals surface area contributed by atoms with E-state index in [1.807, 2.05) is 13.0 Å². The summed E-state index contributed by atoms with van der Waals surface area (Å²) < 4.78 is 9.79. The van der Waals surface area contributed by atoms with E-state index < -0.39 is 18.0 Å². The van der Waals surface area contributed by atoms with Gasteiger partial charge in [0.15, 0.2) is 6.10 Å². The van der Waals surface area contributed by atoms with E-state index in [0.29, 0.717) is 6.42 Å². The number of allylic oxidation sites excluding steroid dienone is 8.